The van der Waals surface area contributed by atoms with E-state index in [0.717, 1.165) is 36.6 Å². The molecule has 1 aliphatic heterocycles. The summed E-state index contributed by atoms with van der Waals surface area (Å²) in [7, 11) is 0. The van der Waals surface area contributed by atoms with E-state index in [-0.39, 0.29) is 17.9 Å². The molecule has 4 rings (SSSR count). The fourth-order valence-corrected chi connectivity index (χ4v) is 4.29. The molecular weight excluding hydrogens is 468 g/mol. The first-order valence-electron chi connectivity index (χ1n) is 11.0. The number of nitro groups is 1. The highest BCUT2D eigenvalue weighted by Gasteiger charge is 2.17. The van der Waals surface area contributed by atoms with E-state index in [1.54, 1.807) is 36.4 Å². The normalized spacial score (nSPS) is 13.7. The summed E-state index contributed by atoms with van der Waals surface area (Å²) in [5.74, 6) is 0.0369. The number of hydrogen-bond donors (Lipinski definition) is 1. The second-order valence-corrected chi connectivity index (χ2v) is 8.80. The van der Waals surface area contributed by atoms with Gasteiger partial charge >= 0.3 is 0 Å². The van der Waals surface area contributed by atoms with Crippen molar-refractivity contribution in [1.82, 2.24) is 10.2 Å². The minimum absolute atomic E-state index is 0.0239. The van der Waals surface area contributed by atoms with Crippen molar-refractivity contribution in [3.05, 3.63) is 75.3 Å². The van der Waals surface area contributed by atoms with Crippen molar-refractivity contribution in [3.8, 4) is 11.8 Å². The van der Waals surface area contributed by atoms with Crippen LogP contribution in [0.25, 0.3) is 6.08 Å². The summed E-state index contributed by atoms with van der Waals surface area (Å²) < 4.78 is 5.70. The Hall–Kier alpha value is -4.30. The van der Waals surface area contributed by atoms with Crippen LogP contribution in [0.4, 0.5) is 16.0 Å². The number of nitro benzene ring substituents is 1. The molecule has 10 nitrogen and oxygen atoms in total. The van der Waals surface area contributed by atoms with E-state index in [0.29, 0.717) is 16.4 Å². The first kappa shape index (κ1) is 23.8. The minimum Gasteiger partial charge on any atom is -0.489 e. The van der Waals surface area contributed by atoms with Crippen LogP contribution in [0.3, 0.4) is 0 Å². The molecule has 1 N–H and O–H groups in total. The van der Waals surface area contributed by atoms with E-state index in [9.17, 15) is 20.2 Å². The van der Waals surface area contributed by atoms with Crippen molar-refractivity contribution in [2.45, 2.75) is 25.9 Å². The molecule has 1 aromatic heterocycles. The number of nitriles is 1. The molecule has 1 amide bonds. The topological polar surface area (TPSA) is 134 Å². The summed E-state index contributed by atoms with van der Waals surface area (Å²) in [6, 6.07) is 15.0. The molecule has 1 aliphatic rings. The van der Waals surface area contributed by atoms with Gasteiger partial charge in [-0.05, 0) is 60.7 Å². The molecule has 11 heteroatoms. The molecule has 0 aliphatic carbocycles. The van der Waals surface area contributed by atoms with Crippen LogP contribution in [0, 0.1) is 21.4 Å². The smallest absolute Gasteiger partial charge is 0.269 e. The molecule has 35 heavy (non-hydrogen) atoms. The minimum atomic E-state index is -0.549. The number of ether oxygens (including phenoxy) is 1. The van der Waals surface area contributed by atoms with Gasteiger partial charge in [-0.25, -0.2) is 0 Å². The van der Waals surface area contributed by atoms with Gasteiger partial charge in [0, 0.05) is 25.2 Å². The molecule has 0 spiro atoms. The standard InChI is InChI=1S/C24H22N6O4S/c25-15-19(22(31)26-23-27-28-24(35-23)29-12-2-1-3-13-29)14-17-6-10-21(11-7-17)34-16-18-4-8-20(9-5-18)30(32)33/h4-11,14H,1-3,12-13,16H2,(H,26,27,31)/b19-14-. The van der Waals surface area contributed by atoms with Crippen molar-refractivity contribution in [2.75, 3.05) is 23.3 Å². The second-order valence-electron chi connectivity index (χ2n) is 7.84. The van der Waals surface area contributed by atoms with Gasteiger partial charge in [0.05, 0.1) is 4.92 Å². The Bertz CT molecular complexity index is 1260. The average Bonchev–Trinajstić information content (AvgIpc) is 3.36. The van der Waals surface area contributed by atoms with Crippen LogP contribution in [-0.4, -0.2) is 34.1 Å². The van der Waals surface area contributed by atoms with Gasteiger partial charge in [0.15, 0.2) is 0 Å². The number of nitrogens with one attached hydrogen (secondary N) is 1. The van der Waals surface area contributed by atoms with E-state index >= 15 is 0 Å². The SMILES string of the molecule is N#C/C(=C/c1ccc(OCc2ccc([N+](=O)[O-])cc2)cc1)C(=O)Nc1nnc(N2CCCCC2)s1. The Labute approximate surface area is 205 Å². The van der Waals surface area contributed by atoms with Crippen LogP contribution >= 0.6 is 11.3 Å². The summed E-state index contributed by atoms with van der Waals surface area (Å²) in [4.78, 5) is 25.0. The first-order chi connectivity index (χ1) is 17.0. The molecule has 2 heterocycles. The third kappa shape index (κ3) is 6.39. The van der Waals surface area contributed by atoms with Crippen LogP contribution < -0.4 is 15.0 Å². The second kappa shape index (κ2) is 11.2. The molecule has 2 aromatic carbocycles. The first-order valence-corrected chi connectivity index (χ1v) is 11.8. The van der Waals surface area contributed by atoms with Crippen molar-refractivity contribution in [2.24, 2.45) is 0 Å². The lowest BCUT2D eigenvalue weighted by Gasteiger charge is -2.25. The predicted octanol–water partition coefficient (Wildman–Crippen LogP) is 4.56. The van der Waals surface area contributed by atoms with E-state index in [4.69, 9.17) is 4.74 Å². The van der Waals surface area contributed by atoms with Crippen LogP contribution in [0.15, 0.2) is 54.1 Å². The maximum atomic E-state index is 12.6. The predicted molar refractivity (Wildman–Crippen MR) is 132 cm³/mol. The maximum absolute atomic E-state index is 12.6. The van der Waals surface area contributed by atoms with Crippen molar-refractivity contribution in [1.29, 1.82) is 5.26 Å². The van der Waals surface area contributed by atoms with Gasteiger partial charge in [0.2, 0.25) is 10.3 Å². The number of carbonyl (C=O) groups is 1. The number of anilines is 2. The van der Waals surface area contributed by atoms with Crippen LogP contribution in [-0.2, 0) is 11.4 Å². The summed E-state index contributed by atoms with van der Waals surface area (Å²) in [5.41, 5.74) is 1.42. The molecule has 1 saturated heterocycles. The van der Waals surface area contributed by atoms with Gasteiger partial charge in [-0.3, -0.25) is 20.2 Å². The monoisotopic (exact) mass is 490 g/mol. The zero-order valence-corrected chi connectivity index (χ0v) is 19.5. The number of aromatic nitrogens is 2. The van der Waals surface area contributed by atoms with Crippen molar-refractivity contribution < 1.29 is 14.5 Å². The zero-order chi connectivity index (χ0) is 24.6. The lowest BCUT2D eigenvalue weighted by molar-refractivity contribution is -0.384. The highest BCUT2D eigenvalue weighted by molar-refractivity contribution is 7.19. The summed E-state index contributed by atoms with van der Waals surface area (Å²) in [6.07, 6.45) is 4.93. The number of benzene rings is 2. The fourth-order valence-electron chi connectivity index (χ4n) is 3.50. The highest BCUT2D eigenvalue weighted by atomic mass is 32.1. The van der Waals surface area contributed by atoms with Gasteiger partial charge in [0.25, 0.3) is 11.6 Å². The Morgan fingerprint density at radius 1 is 1.14 bits per heavy atom. The molecule has 1 fully saturated rings. The Kier molecular flexibility index (Phi) is 7.64. The molecule has 0 bridgehead atoms. The van der Waals surface area contributed by atoms with E-state index in [2.05, 4.69) is 20.4 Å². The van der Waals surface area contributed by atoms with Crippen LogP contribution in [0.2, 0.25) is 0 Å². The molecule has 0 saturated carbocycles. The van der Waals surface area contributed by atoms with E-state index in [1.807, 2.05) is 6.07 Å². The van der Waals surface area contributed by atoms with Crippen molar-refractivity contribution in [3.63, 3.8) is 0 Å². The number of rotatable bonds is 8. The molecule has 0 atom stereocenters. The van der Waals surface area contributed by atoms with Gasteiger partial charge in [-0.1, -0.05) is 23.5 Å². The maximum Gasteiger partial charge on any atom is 0.269 e. The number of carbonyl (C=O) groups excluding carboxylic acids is 1. The Morgan fingerprint density at radius 2 is 1.86 bits per heavy atom. The number of piperidine rings is 1. The quantitative estimate of drug-likeness (QED) is 0.210. The van der Waals surface area contributed by atoms with Gasteiger partial charge in [-0.2, -0.15) is 5.26 Å². The highest BCUT2D eigenvalue weighted by Crippen LogP contribution is 2.27. The largest absolute Gasteiger partial charge is 0.489 e. The Morgan fingerprint density at radius 3 is 2.51 bits per heavy atom. The molecule has 178 valence electrons. The number of amides is 1. The van der Waals surface area contributed by atoms with Crippen molar-refractivity contribution >= 4 is 39.3 Å². The third-order valence-electron chi connectivity index (χ3n) is 5.37. The third-order valence-corrected chi connectivity index (χ3v) is 6.27. The Balaban J connectivity index is 1.34. The number of nitrogens with zero attached hydrogens (tertiary/aromatic N) is 5. The molecular formula is C24H22N6O4S. The lowest BCUT2D eigenvalue weighted by Crippen LogP contribution is -2.29. The number of hydrogen-bond acceptors (Lipinski definition) is 9. The van der Waals surface area contributed by atoms with Gasteiger partial charge < -0.3 is 9.64 Å². The summed E-state index contributed by atoms with van der Waals surface area (Å²) >= 11 is 1.29. The molecule has 0 unspecified atom stereocenters. The van der Waals surface area contributed by atoms with Crippen LogP contribution in [0.1, 0.15) is 30.4 Å². The van der Waals surface area contributed by atoms with E-state index in [1.165, 1.54) is 36.0 Å². The lowest BCUT2D eigenvalue weighted by atomic mass is 10.1. The number of non-ortho nitro benzene ring substituents is 1. The van der Waals surface area contributed by atoms with Crippen LogP contribution in [0.5, 0.6) is 5.75 Å². The fraction of sp³-hybridized carbons (Fsp3) is 0.250. The molecule has 0 radical (unpaired) electrons. The summed E-state index contributed by atoms with van der Waals surface area (Å²) in [6.45, 7) is 2.11. The average molecular weight is 491 g/mol. The molecule has 3 aromatic rings. The zero-order valence-electron chi connectivity index (χ0n) is 18.7. The summed E-state index contributed by atoms with van der Waals surface area (Å²) in [5, 5.41) is 32.2. The van der Waals surface area contributed by atoms with Gasteiger partial charge in [0.1, 0.15) is 24.0 Å². The van der Waals surface area contributed by atoms with Gasteiger partial charge in [-0.15, -0.1) is 10.2 Å². The van der Waals surface area contributed by atoms with E-state index < -0.39 is 10.8 Å².